The maximum absolute atomic E-state index is 11.6. The fourth-order valence-corrected chi connectivity index (χ4v) is 3.05. The molecule has 0 aliphatic heterocycles. The number of nitrogens with one attached hydrogen (secondary N) is 2. The Labute approximate surface area is 120 Å². The van der Waals surface area contributed by atoms with Gasteiger partial charge in [-0.2, -0.15) is 16.9 Å². The molecular weight excluding hydrogens is 280 g/mol. The molecule has 0 saturated carbocycles. The van der Waals surface area contributed by atoms with E-state index in [-0.39, 0.29) is 5.91 Å². The first-order valence-corrected chi connectivity index (χ1v) is 7.97. The summed E-state index contributed by atoms with van der Waals surface area (Å²) in [6.07, 6.45) is 0.486. The summed E-state index contributed by atoms with van der Waals surface area (Å²) in [6, 6.07) is 1.81. The molecule has 102 valence electrons. The number of hydrogen-bond donors (Lipinski definition) is 2. The summed E-state index contributed by atoms with van der Waals surface area (Å²) in [6.45, 7) is 3.90. The monoisotopic (exact) mass is 296 g/mol. The number of carbonyl (C=O) groups excluding carboxylic acids is 1. The van der Waals surface area contributed by atoms with Crippen LogP contribution in [0.3, 0.4) is 0 Å². The lowest BCUT2D eigenvalue weighted by molar-refractivity contribution is -0.115. The van der Waals surface area contributed by atoms with Crippen molar-refractivity contribution in [1.82, 2.24) is 15.2 Å². The van der Waals surface area contributed by atoms with Crippen molar-refractivity contribution >= 4 is 34.8 Å². The number of anilines is 1. The summed E-state index contributed by atoms with van der Waals surface area (Å²) >= 11 is 3.38. The highest BCUT2D eigenvalue weighted by atomic mass is 32.2. The molecule has 0 radical (unpaired) electrons. The van der Waals surface area contributed by atoms with Crippen molar-refractivity contribution < 1.29 is 4.79 Å². The predicted molar refractivity (Wildman–Crippen MR) is 79.6 cm³/mol. The molecule has 7 heteroatoms. The first kappa shape index (κ1) is 14.1. The largest absolute Gasteiger partial charge is 0.309 e. The second-order valence-corrected chi connectivity index (χ2v) is 6.31. The van der Waals surface area contributed by atoms with Crippen molar-refractivity contribution in [2.45, 2.75) is 26.0 Å². The van der Waals surface area contributed by atoms with Gasteiger partial charge in [-0.25, -0.2) is 4.98 Å². The van der Waals surface area contributed by atoms with E-state index >= 15 is 0 Å². The molecule has 2 aromatic rings. The molecule has 2 N–H and O–H groups in total. The molecule has 0 saturated heterocycles. The minimum atomic E-state index is -0.00606. The Morgan fingerprint density at radius 3 is 3.00 bits per heavy atom. The molecule has 0 atom stereocenters. The van der Waals surface area contributed by atoms with Gasteiger partial charge in [0, 0.05) is 35.1 Å². The lowest BCUT2D eigenvalue weighted by Gasteiger charge is -2.01. The summed E-state index contributed by atoms with van der Waals surface area (Å²) in [4.78, 5) is 16.0. The van der Waals surface area contributed by atoms with Crippen LogP contribution >= 0.6 is 23.1 Å². The standard InChI is InChI=1S/C12H16N4OS2/c1-8-5-11(16-15-8)14-12(17)3-4-18-6-10-7-19-9(2)13-10/h5,7H,3-4,6H2,1-2H3,(H2,14,15,16,17). The molecular formula is C12H16N4OS2. The van der Waals surface area contributed by atoms with Crippen LogP contribution in [0.2, 0.25) is 0 Å². The summed E-state index contributed by atoms with van der Waals surface area (Å²) in [5, 5.41) is 12.7. The van der Waals surface area contributed by atoms with Crippen molar-refractivity contribution in [3.63, 3.8) is 0 Å². The van der Waals surface area contributed by atoms with E-state index < -0.39 is 0 Å². The quantitative estimate of drug-likeness (QED) is 0.804. The maximum Gasteiger partial charge on any atom is 0.226 e. The van der Waals surface area contributed by atoms with E-state index in [0.29, 0.717) is 12.2 Å². The number of amides is 1. The fourth-order valence-electron chi connectivity index (χ4n) is 1.50. The van der Waals surface area contributed by atoms with Crippen LogP contribution in [0, 0.1) is 13.8 Å². The zero-order valence-electron chi connectivity index (χ0n) is 10.9. The lowest BCUT2D eigenvalue weighted by Crippen LogP contribution is -2.12. The van der Waals surface area contributed by atoms with Gasteiger partial charge in [0.25, 0.3) is 0 Å². The Morgan fingerprint density at radius 1 is 1.53 bits per heavy atom. The van der Waals surface area contributed by atoms with Crippen LogP contribution in [-0.2, 0) is 10.5 Å². The van der Waals surface area contributed by atoms with Crippen LogP contribution in [0.5, 0.6) is 0 Å². The number of aromatic nitrogens is 3. The number of rotatable bonds is 6. The third-order valence-corrected chi connectivity index (χ3v) is 4.18. The smallest absolute Gasteiger partial charge is 0.226 e. The first-order valence-electron chi connectivity index (χ1n) is 5.94. The van der Waals surface area contributed by atoms with Gasteiger partial charge in [-0.3, -0.25) is 9.89 Å². The van der Waals surface area contributed by atoms with Crippen molar-refractivity contribution in [1.29, 1.82) is 0 Å². The summed E-state index contributed by atoms with van der Waals surface area (Å²) < 4.78 is 0. The normalized spacial score (nSPS) is 10.6. The van der Waals surface area contributed by atoms with Crippen LogP contribution in [-0.4, -0.2) is 26.8 Å². The molecule has 0 spiro atoms. The molecule has 5 nitrogen and oxygen atoms in total. The molecule has 19 heavy (non-hydrogen) atoms. The highest BCUT2D eigenvalue weighted by Gasteiger charge is 2.05. The maximum atomic E-state index is 11.6. The van der Waals surface area contributed by atoms with E-state index in [4.69, 9.17) is 0 Å². The van der Waals surface area contributed by atoms with E-state index in [0.717, 1.165) is 27.9 Å². The van der Waals surface area contributed by atoms with Gasteiger partial charge in [-0.05, 0) is 13.8 Å². The fraction of sp³-hybridized carbons (Fsp3) is 0.417. The molecule has 0 aliphatic rings. The van der Waals surface area contributed by atoms with Gasteiger partial charge in [0.1, 0.15) is 0 Å². The van der Waals surface area contributed by atoms with Gasteiger partial charge >= 0.3 is 0 Å². The number of nitrogens with zero attached hydrogens (tertiary/aromatic N) is 2. The topological polar surface area (TPSA) is 70.7 Å². The van der Waals surface area contributed by atoms with Crippen LogP contribution < -0.4 is 5.32 Å². The first-order chi connectivity index (χ1) is 9.13. The van der Waals surface area contributed by atoms with Crippen molar-refractivity contribution in [3.8, 4) is 0 Å². The summed E-state index contributed by atoms with van der Waals surface area (Å²) in [5.74, 6) is 2.22. The lowest BCUT2D eigenvalue weighted by atomic mass is 10.4. The van der Waals surface area contributed by atoms with Crippen molar-refractivity contribution in [2.24, 2.45) is 0 Å². The molecule has 2 heterocycles. The zero-order chi connectivity index (χ0) is 13.7. The Hall–Kier alpha value is -1.34. The van der Waals surface area contributed by atoms with Gasteiger partial charge in [-0.15, -0.1) is 11.3 Å². The van der Waals surface area contributed by atoms with Gasteiger partial charge in [0.2, 0.25) is 5.91 Å². The summed E-state index contributed by atoms with van der Waals surface area (Å²) in [7, 11) is 0. The number of carbonyl (C=O) groups is 1. The number of H-pyrrole nitrogens is 1. The molecule has 0 aliphatic carbocycles. The van der Waals surface area contributed by atoms with E-state index in [1.165, 1.54) is 0 Å². The van der Waals surface area contributed by atoms with Crippen molar-refractivity contribution in [2.75, 3.05) is 11.1 Å². The van der Waals surface area contributed by atoms with E-state index in [1.54, 1.807) is 23.1 Å². The number of hydrogen-bond acceptors (Lipinski definition) is 5. The average Bonchev–Trinajstić information content (AvgIpc) is 2.94. The minimum Gasteiger partial charge on any atom is -0.309 e. The van der Waals surface area contributed by atoms with Crippen LogP contribution in [0.4, 0.5) is 5.82 Å². The van der Waals surface area contributed by atoms with Crippen LogP contribution in [0.1, 0.15) is 22.8 Å². The van der Waals surface area contributed by atoms with Gasteiger partial charge < -0.3 is 5.32 Å². The molecule has 0 aromatic carbocycles. The molecule has 0 bridgehead atoms. The zero-order valence-corrected chi connectivity index (χ0v) is 12.5. The SMILES string of the molecule is Cc1cc(NC(=O)CCSCc2csc(C)n2)n[nH]1. The second-order valence-electron chi connectivity index (χ2n) is 4.14. The van der Waals surface area contributed by atoms with Gasteiger partial charge in [0.05, 0.1) is 10.7 Å². The number of aryl methyl sites for hydroxylation is 2. The molecule has 2 rings (SSSR count). The predicted octanol–water partition coefficient (Wildman–Crippen LogP) is 2.75. The number of thioether (sulfide) groups is 1. The highest BCUT2D eigenvalue weighted by molar-refractivity contribution is 7.98. The number of thiazole rings is 1. The third-order valence-electron chi connectivity index (χ3n) is 2.36. The van der Waals surface area contributed by atoms with Gasteiger partial charge in [-0.1, -0.05) is 0 Å². The van der Waals surface area contributed by atoms with E-state index in [1.807, 2.05) is 19.9 Å². The Morgan fingerprint density at radius 2 is 2.37 bits per heavy atom. The second kappa shape index (κ2) is 6.72. The summed E-state index contributed by atoms with van der Waals surface area (Å²) in [5.41, 5.74) is 2.03. The highest BCUT2D eigenvalue weighted by Crippen LogP contribution is 2.16. The average molecular weight is 296 g/mol. The minimum absolute atomic E-state index is 0.00606. The molecule has 1 amide bonds. The van der Waals surface area contributed by atoms with Crippen LogP contribution in [0.15, 0.2) is 11.4 Å². The van der Waals surface area contributed by atoms with E-state index in [2.05, 4.69) is 25.9 Å². The molecule has 2 aromatic heterocycles. The Kier molecular flexibility index (Phi) is 4.98. The van der Waals surface area contributed by atoms with Crippen molar-refractivity contribution in [3.05, 3.63) is 27.8 Å². The van der Waals surface area contributed by atoms with Crippen LogP contribution in [0.25, 0.3) is 0 Å². The third kappa shape index (κ3) is 4.68. The molecule has 0 unspecified atom stereocenters. The van der Waals surface area contributed by atoms with Gasteiger partial charge in [0.15, 0.2) is 5.82 Å². The Bertz CT molecular complexity index is 549. The molecule has 0 fully saturated rings. The Balaban J connectivity index is 1.64. The number of aromatic amines is 1. The van der Waals surface area contributed by atoms with E-state index in [9.17, 15) is 4.79 Å².